The fourth-order valence-corrected chi connectivity index (χ4v) is 3.74. The lowest BCUT2D eigenvalue weighted by Crippen LogP contribution is -2.30. The summed E-state index contributed by atoms with van der Waals surface area (Å²) in [6, 6.07) is 4.10. The highest BCUT2D eigenvalue weighted by Gasteiger charge is 2.26. The van der Waals surface area contributed by atoms with E-state index in [0.717, 1.165) is 35.9 Å². The fraction of sp³-hybridized carbons (Fsp3) is 0.556. The van der Waals surface area contributed by atoms with Gasteiger partial charge in [-0.1, -0.05) is 11.6 Å². The predicted octanol–water partition coefficient (Wildman–Crippen LogP) is 3.86. The zero-order valence-electron chi connectivity index (χ0n) is 14.8. The molecule has 1 aromatic carbocycles. The van der Waals surface area contributed by atoms with Gasteiger partial charge in [0.15, 0.2) is 0 Å². The van der Waals surface area contributed by atoms with Crippen molar-refractivity contribution in [2.75, 3.05) is 7.11 Å². The average Bonchev–Trinajstić information content (AvgIpc) is 3.02. The molecule has 0 bridgehead atoms. The number of ether oxygens (including phenoxy) is 1. The van der Waals surface area contributed by atoms with Crippen LogP contribution in [0.2, 0.25) is 5.02 Å². The fourth-order valence-electron chi connectivity index (χ4n) is 3.43. The Morgan fingerprint density at radius 2 is 2.17 bits per heavy atom. The molecule has 3 rings (SSSR count). The summed E-state index contributed by atoms with van der Waals surface area (Å²) in [6.45, 7) is 7.05. The quantitative estimate of drug-likeness (QED) is 0.911. The van der Waals surface area contributed by atoms with Gasteiger partial charge in [-0.3, -0.25) is 0 Å². The first kappa shape index (κ1) is 17.2. The molecule has 2 aromatic rings. The number of hydrogen-bond acceptors (Lipinski definition) is 4. The molecule has 1 atom stereocenters. The van der Waals surface area contributed by atoms with Crippen LogP contribution in [0.25, 0.3) is 0 Å². The Bertz CT molecular complexity index is 720. The van der Waals surface area contributed by atoms with Gasteiger partial charge < -0.3 is 10.1 Å². The van der Waals surface area contributed by atoms with Crippen molar-refractivity contribution in [3.8, 4) is 5.75 Å². The maximum atomic E-state index is 6.50. The Labute approximate surface area is 148 Å². The van der Waals surface area contributed by atoms with Crippen LogP contribution in [0.5, 0.6) is 5.75 Å². The van der Waals surface area contributed by atoms with Gasteiger partial charge in [-0.15, -0.1) is 0 Å². The Kier molecular flexibility index (Phi) is 4.83. The van der Waals surface area contributed by atoms with Crippen molar-refractivity contribution < 1.29 is 4.74 Å². The van der Waals surface area contributed by atoms with Crippen LogP contribution in [0.1, 0.15) is 56.6 Å². The monoisotopic (exact) mass is 348 g/mol. The van der Waals surface area contributed by atoms with E-state index in [2.05, 4.69) is 36.2 Å². The number of halogens is 1. The minimum Gasteiger partial charge on any atom is -0.496 e. The molecule has 6 heteroatoms. The third kappa shape index (κ3) is 3.28. The summed E-state index contributed by atoms with van der Waals surface area (Å²) < 4.78 is 7.49. The van der Waals surface area contributed by atoms with Crippen molar-refractivity contribution in [2.45, 2.75) is 58.2 Å². The molecular weight excluding hydrogens is 324 g/mol. The molecule has 1 aliphatic carbocycles. The van der Waals surface area contributed by atoms with E-state index in [1.807, 2.05) is 16.8 Å². The van der Waals surface area contributed by atoms with Crippen LogP contribution < -0.4 is 10.1 Å². The van der Waals surface area contributed by atoms with Crippen LogP contribution in [0, 0.1) is 0 Å². The topological polar surface area (TPSA) is 52.0 Å². The summed E-state index contributed by atoms with van der Waals surface area (Å²) in [5, 5.41) is 8.79. The highest BCUT2D eigenvalue weighted by atomic mass is 35.5. The number of methoxy groups -OCH3 is 1. The number of hydrogen-bond donors (Lipinski definition) is 1. The lowest BCUT2D eigenvalue weighted by molar-refractivity contribution is 0.331. The molecule has 130 valence electrons. The highest BCUT2D eigenvalue weighted by Crippen LogP contribution is 2.39. The SMILES string of the molecule is COc1ccc(Cl)c2c1CCC[C@@H]2NCc1ncnn1C(C)(C)C. The van der Waals surface area contributed by atoms with Crippen molar-refractivity contribution >= 4 is 11.6 Å². The first-order chi connectivity index (χ1) is 11.4. The Balaban J connectivity index is 1.83. The molecular formula is C18H25ClN4O. The van der Waals surface area contributed by atoms with Crippen LogP contribution in [-0.4, -0.2) is 21.9 Å². The van der Waals surface area contributed by atoms with E-state index in [1.165, 1.54) is 11.1 Å². The normalized spacial score (nSPS) is 17.6. The summed E-state index contributed by atoms with van der Waals surface area (Å²) in [6.07, 6.45) is 4.80. The first-order valence-electron chi connectivity index (χ1n) is 8.40. The van der Waals surface area contributed by atoms with Gasteiger partial charge in [0.05, 0.1) is 19.2 Å². The van der Waals surface area contributed by atoms with E-state index >= 15 is 0 Å². The number of nitrogens with zero attached hydrogens (tertiary/aromatic N) is 3. The summed E-state index contributed by atoms with van der Waals surface area (Å²) in [5.74, 6) is 1.87. The van der Waals surface area contributed by atoms with Gasteiger partial charge in [-0.25, -0.2) is 9.67 Å². The second kappa shape index (κ2) is 6.73. The van der Waals surface area contributed by atoms with Crippen LogP contribution in [-0.2, 0) is 18.5 Å². The van der Waals surface area contributed by atoms with E-state index in [9.17, 15) is 0 Å². The molecule has 0 aliphatic heterocycles. The number of aromatic nitrogens is 3. The zero-order valence-corrected chi connectivity index (χ0v) is 15.5. The van der Waals surface area contributed by atoms with Gasteiger partial charge in [0, 0.05) is 16.6 Å². The lowest BCUT2D eigenvalue weighted by Gasteiger charge is -2.29. The van der Waals surface area contributed by atoms with Crippen LogP contribution in [0.3, 0.4) is 0 Å². The standard InChI is InChI=1S/C18H25ClN4O/c1-18(2,3)23-16(21-11-22-23)10-20-14-7-5-6-12-15(24-4)9-8-13(19)17(12)14/h8-9,11,14,20H,5-7,10H2,1-4H3/t14-/m0/s1. The zero-order chi connectivity index (χ0) is 17.3. The van der Waals surface area contributed by atoms with Gasteiger partial charge in [0.2, 0.25) is 0 Å². The van der Waals surface area contributed by atoms with E-state index in [-0.39, 0.29) is 11.6 Å². The molecule has 0 amide bonds. The Morgan fingerprint density at radius 3 is 2.88 bits per heavy atom. The van der Waals surface area contributed by atoms with Crippen LogP contribution in [0.15, 0.2) is 18.5 Å². The summed E-state index contributed by atoms with van der Waals surface area (Å²) in [4.78, 5) is 4.41. The minimum atomic E-state index is -0.0845. The molecule has 5 nitrogen and oxygen atoms in total. The molecule has 1 N–H and O–H groups in total. The number of fused-ring (bicyclic) bond motifs is 1. The number of benzene rings is 1. The van der Waals surface area contributed by atoms with Gasteiger partial charge in [-0.2, -0.15) is 5.10 Å². The molecule has 0 radical (unpaired) electrons. The molecule has 1 heterocycles. The highest BCUT2D eigenvalue weighted by molar-refractivity contribution is 6.31. The average molecular weight is 349 g/mol. The maximum Gasteiger partial charge on any atom is 0.141 e. The second-order valence-corrected chi connectivity index (χ2v) is 7.63. The number of rotatable bonds is 4. The molecule has 24 heavy (non-hydrogen) atoms. The van der Waals surface area contributed by atoms with Crippen molar-refractivity contribution in [3.05, 3.63) is 40.4 Å². The van der Waals surface area contributed by atoms with Crippen LogP contribution >= 0.6 is 11.6 Å². The summed E-state index contributed by atoms with van der Waals surface area (Å²) in [5.41, 5.74) is 2.31. The second-order valence-electron chi connectivity index (χ2n) is 7.23. The van der Waals surface area contributed by atoms with Gasteiger partial charge in [-0.05, 0) is 57.7 Å². The lowest BCUT2D eigenvalue weighted by atomic mass is 9.87. The van der Waals surface area contributed by atoms with Crippen molar-refractivity contribution in [2.24, 2.45) is 0 Å². The summed E-state index contributed by atoms with van der Waals surface area (Å²) >= 11 is 6.50. The molecule has 0 unspecified atom stereocenters. The maximum absolute atomic E-state index is 6.50. The summed E-state index contributed by atoms with van der Waals surface area (Å²) in [7, 11) is 1.71. The smallest absolute Gasteiger partial charge is 0.141 e. The third-order valence-corrected chi connectivity index (χ3v) is 4.84. The van der Waals surface area contributed by atoms with Crippen LogP contribution in [0.4, 0.5) is 0 Å². The largest absolute Gasteiger partial charge is 0.496 e. The van der Waals surface area contributed by atoms with Gasteiger partial charge in [0.25, 0.3) is 0 Å². The molecule has 0 saturated carbocycles. The van der Waals surface area contributed by atoms with E-state index < -0.39 is 0 Å². The Hall–Kier alpha value is -1.59. The third-order valence-electron chi connectivity index (χ3n) is 4.51. The molecule has 1 aromatic heterocycles. The van der Waals surface area contributed by atoms with Crippen molar-refractivity contribution in [1.82, 2.24) is 20.1 Å². The number of nitrogens with one attached hydrogen (secondary N) is 1. The van der Waals surface area contributed by atoms with Gasteiger partial charge >= 0.3 is 0 Å². The van der Waals surface area contributed by atoms with E-state index in [1.54, 1.807) is 13.4 Å². The van der Waals surface area contributed by atoms with E-state index in [0.29, 0.717) is 6.54 Å². The van der Waals surface area contributed by atoms with E-state index in [4.69, 9.17) is 16.3 Å². The van der Waals surface area contributed by atoms with Crippen molar-refractivity contribution in [1.29, 1.82) is 0 Å². The molecule has 0 spiro atoms. The molecule has 0 saturated heterocycles. The molecule has 0 fully saturated rings. The first-order valence-corrected chi connectivity index (χ1v) is 8.77. The predicted molar refractivity (Wildman–Crippen MR) is 95.5 cm³/mol. The van der Waals surface area contributed by atoms with Crippen molar-refractivity contribution in [3.63, 3.8) is 0 Å². The van der Waals surface area contributed by atoms with Gasteiger partial charge in [0.1, 0.15) is 17.9 Å². The molecule has 1 aliphatic rings. The Morgan fingerprint density at radius 1 is 1.38 bits per heavy atom. The minimum absolute atomic E-state index is 0.0845.